The monoisotopic (exact) mass is 253 g/mol. The molecule has 1 aromatic rings. The molecular formula is C11H19N5S. The highest BCUT2D eigenvalue weighted by atomic mass is 32.1. The first-order valence-electron chi connectivity index (χ1n) is 5.52. The molecule has 0 radical (unpaired) electrons. The van der Waals surface area contributed by atoms with Gasteiger partial charge in [-0.1, -0.05) is 12.2 Å². The molecule has 1 heterocycles. The maximum absolute atomic E-state index is 5.45. The lowest BCUT2D eigenvalue weighted by Crippen LogP contribution is -2.23. The Balaban J connectivity index is 2.48. The maximum atomic E-state index is 5.45. The third-order valence-corrected chi connectivity index (χ3v) is 2.52. The summed E-state index contributed by atoms with van der Waals surface area (Å²) in [6.45, 7) is 3.15. The van der Waals surface area contributed by atoms with Crippen LogP contribution in [0.1, 0.15) is 19.0 Å². The van der Waals surface area contributed by atoms with Crippen LogP contribution in [-0.2, 0) is 0 Å². The van der Waals surface area contributed by atoms with Crippen molar-refractivity contribution in [3.63, 3.8) is 0 Å². The molecule has 3 N–H and O–H groups in total. The van der Waals surface area contributed by atoms with Gasteiger partial charge in [0.15, 0.2) is 0 Å². The number of aromatic nitrogens is 2. The van der Waals surface area contributed by atoms with Crippen molar-refractivity contribution in [2.45, 2.75) is 19.4 Å². The summed E-state index contributed by atoms with van der Waals surface area (Å²) >= 11 is 4.81. The number of hydrogen-bond acceptors (Lipinski definition) is 5. The molecule has 1 rings (SSSR count). The van der Waals surface area contributed by atoms with Crippen molar-refractivity contribution < 1.29 is 0 Å². The van der Waals surface area contributed by atoms with Gasteiger partial charge in [0.1, 0.15) is 16.5 Å². The van der Waals surface area contributed by atoms with E-state index in [4.69, 9.17) is 18.0 Å². The molecule has 0 saturated carbocycles. The van der Waals surface area contributed by atoms with Crippen LogP contribution in [-0.4, -0.2) is 46.5 Å². The number of anilines is 1. The van der Waals surface area contributed by atoms with Crippen LogP contribution in [0, 0.1) is 0 Å². The minimum Gasteiger partial charge on any atom is -0.388 e. The van der Waals surface area contributed by atoms with Crippen LogP contribution in [0.4, 0.5) is 5.82 Å². The lowest BCUT2D eigenvalue weighted by Gasteiger charge is -2.16. The van der Waals surface area contributed by atoms with Gasteiger partial charge in [-0.05, 0) is 34.0 Å². The molecule has 0 spiro atoms. The highest BCUT2D eigenvalue weighted by Gasteiger charge is 2.05. The first kappa shape index (κ1) is 13.8. The molecule has 0 amide bonds. The topological polar surface area (TPSA) is 67.1 Å². The van der Waals surface area contributed by atoms with Gasteiger partial charge in [0.2, 0.25) is 0 Å². The molecule has 1 atom stereocenters. The Morgan fingerprint density at radius 3 is 2.65 bits per heavy atom. The van der Waals surface area contributed by atoms with Crippen LogP contribution >= 0.6 is 12.2 Å². The molecule has 0 aliphatic heterocycles. The van der Waals surface area contributed by atoms with Gasteiger partial charge in [0.05, 0.1) is 12.4 Å². The number of nitrogens with one attached hydrogen (secondary N) is 1. The average Bonchev–Trinajstić information content (AvgIpc) is 2.27. The fourth-order valence-corrected chi connectivity index (χ4v) is 1.41. The minimum absolute atomic E-state index is 0.268. The van der Waals surface area contributed by atoms with Gasteiger partial charge < -0.3 is 16.0 Å². The molecule has 17 heavy (non-hydrogen) atoms. The molecule has 94 valence electrons. The van der Waals surface area contributed by atoms with Crippen LogP contribution in [0.25, 0.3) is 0 Å². The molecule has 5 nitrogen and oxygen atoms in total. The van der Waals surface area contributed by atoms with Crippen LogP contribution in [0.3, 0.4) is 0 Å². The van der Waals surface area contributed by atoms with Crippen molar-refractivity contribution >= 4 is 23.0 Å². The zero-order valence-corrected chi connectivity index (χ0v) is 11.3. The first-order valence-corrected chi connectivity index (χ1v) is 5.93. The normalized spacial score (nSPS) is 12.5. The Bertz CT molecular complexity index is 363. The second-order valence-corrected chi connectivity index (χ2v) is 4.73. The molecule has 0 aliphatic rings. The molecule has 1 aromatic heterocycles. The third-order valence-electron chi connectivity index (χ3n) is 2.31. The van der Waals surface area contributed by atoms with Gasteiger partial charge in [-0.25, -0.2) is 9.97 Å². The summed E-state index contributed by atoms with van der Waals surface area (Å²) in [5, 5.41) is 3.28. The lowest BCUT2D eigenvalue weighted by molar-refractivity contribution is 0.390. The van der Waals surface area contributed by atoms with Crippen molar-refractivity contribution in [2.75, 3.05) is 26.0 Å². The molecule has 0 aliphatic carbocycles. The summed E-state index contributed by atoms with van der Waals surface area (Å²) in [4.78, 5) is 10.8. The summed E-state index contributed by atoms with van der Waals surface area (Å²) in [6.07, 6.45) is 4.29. The summed E-state index contributed by atoms with van der Waals surface area (Å²) in [5.74, 6) is 0.747. The number of nitrogens with zero attached hydrogens (tertiary/aromatic N) is 3. The predicted molar refractivity (Wildman–Crippen MR) is 74.2 cm³/mol. The summed E-state index contributed by atoms with van der Waals surface area (Å²) in [7, 11) is 4.12. The molecule has 6 heteroatoms. The zero-order chi connectivity index (χ0) is 12.8. The number of hydrogen-bond donors (Lipinski definition) is 2. The van der Waals surface area contributed by atoms with Gasteiger partial charge in [-0.2, -0.15) is 0 Å². The smallest absolute Gasteiger partial charge is 0.144 e. The molecule has 0 saturated heterocycles. The molecular weight excluding hydrogens is 234 g/mol. The van der Waals surface area contributed by atoms with Gasteiger partial charge in [-0.3, -0.25) is 0 Å². The number of thiocarbonyl (C=S) groups is 1. The van der Waals surface area contributed by atoms with E-state index in [0.717, 1.165) is 18.8 Å². The van der Waals surface area contributed by atoms with Crippen LogP contribution in [0.15, 0.2) is 12.4 Å². The van der Waals surface area contributed by atoms with Gasteiger partial charge in [0, 0.05) is 6.04 Å². The van der Waals surface area contributed by atoms with Gasteiger partial charge in [-0.15, -0.1) is 0 Å². The van der Waals surface area contributed by atoms with E-state index < -0.39 is 0 Å². The number of nitrogens with two attached hydrogens (primary N) is 1. The lowest BCUT2D eigenvalue weighted by atomic mass is 10.2. The Hall–Kier alpha value is -1.27. The van der Waals surface area contributed by atoms with E-state index in [1.165, 1.54) is 0 Å². The number of rotatable bonds is 6. The second kappa shape index (κ2) is 6.46. The predicted octanol–water partition coefficient (Wildman–Crippen LogP) is 0.863. The van der Waals surface area contributed by atoms with Gasteiger partial charge in [0.25, 0.3) is 0 Å². The molecule has 0 fully saturated rings. The van der Waals surface area contributed by atoms with Crippen molar-refractivity contribution in [1.29, 1.82) is 0 Å². The Labute approximate surface area is 107 Å². The average molecular weight is 253 g/mol. The van der Waals surface area contributed by atoms with Crippen LogP contribution in [0.2, 0.25) is 0 Å². The molecule has 0 aromatic carbocycles. The Kier molecular flexibility index (Phi) is 5.24. The minimum atomic E-state index is 0.268. The van der Waals surface area contributed by atoms with E-state index in [-0.39, 0.29) is 4.99 Å². The van der Waals surface area contributed by atoms with Crippen LogP contribution < -0.4 is 11.1 Å². The fraction of sp³-hybridized carbons (Fsp3) is 0.545. The second-order valence-electron chi connectivity index (χ2n) is 4.29. The summed E-state index contributed by atoms with van der Waals surface area (Å²) in [6, 6.07) is 0.349. The standard InChI is InChI=1S/C11H19N5S/c1-8(4-5-16(2)3)15-10-7-13-9(6-14-10)11(12)17/h6-8H,4-5H2,1-3H3,(H2,12,17)(H,14,15). The van der Waals surface area contributed by atoms with Crippen molar-refractivity contribution in [1.82, 2.24) is 14.9 Å². The van der Waals surface area contributed by atoms with E-state index >= 15 is 0 Å². The van der Waals surface area contributed by atoms with Crippen molar-refractivity contribution in [3.8, 4) is 0 Å². The Morgan fingerprint density at radius 2 is 2.18 bits per heavy atom. The molecule has 1 unspecified atom stereocenters. The van der Waals surface area contributed by atoms with Gasteiger partial charge >= 0.3 is 0 Å². The van der Waals surface area contributed by atoms with Crippen molar-refractivity contribution in [3.05, 3.63) is 18.1 Å². The quantitative estimate of drug-likeness (QED) is 0.733. The first-order chi connectivity index (χ1) is 7.99. The van der Waals surface area contributed by atoms with E-state index in [0.29, 0.717) is 11.7 Å². The van der Waals surface area contributed by atoms with E-state index in [2.05, 4.69) is 41.2 Å². The largest absolute Gasteiger partial charge is 0.388 e. The van der Waals surface area contributed by atoms with E-state index in [1.807, 2.05) is 0 Å². The fourth-order valence-electron chi connectivity index (χ4n) is 1.31. The zero-order valence-electron chi connectivity index (χ0n) is 10.5. The highest BCUT2D eigenvalue weighted by molar-refractivity contribution is 7.80. The SMILES string of the molecule is CC(CCN(C)C)Nc1cnc(C(N)=S)cn1. The Morgan fingerprint density at radius 1 is 1.47 bits per heavy atom. The van der Waals surface area contributed by atoms with E-state index in [1.54, 1.807) is 12.4 Å². The van der Waals surface area contributed by atoms with Crippen molar-refractivity contribution in [2.24, 2.45) is 5.73 Å². The molecule has 0 bridgehead atoms. The third kappa shape index (κ3) is 5.06. The summed E-state index contributed by atoms with van der Waals surface area (Å²) in [5.41, 5.74) is 6.00. The maximum Gasteiger partial charge on any atom is 0.144 e. The highest BCUT2D eigenvalue weighted by Crippen LogP contribution is 2.05. The van der Waals surface area contributed by atoms with Crippen LogP contribution in [0.5, 0.6) is 0 Å². The summed E-state index contributed by atoms with van der Waals surface area (Å²) < 4.78 is 0. The van der Waals surface area contributed by atoms with E-state index in [9.17, 15) is 0 Å².